The van der Waals surface area contributed by atoms with Crippen LogP contribution in [-0.4, -0.2) is 9.97 Å². The van der Waals surface area contributed by atoms with Gasteiger partial charge in [-0.3, -0.25) is 0 Å². The molecule has 0 aliphatic heterocycles. The van der Waals surface area contributed by atoms with E-state index in [2.05, 4.69) is 241 Å². The molecule has 0 atom stereocenters. The molecule has 0 radical (unpaired) electrons. The van der Waals surface area contributed by atoms with Gasteiger partial charge in [0.05, 0.1) is 17.1 Å². The zero-order chi connectivity index (χ0) is 40.8. The summed E-state index contributed by atoms with van der Waals surface area (Å²) >= 11 is 0. The van der Waals surface area contributed by atoms with Crippen molar-refractivity contribution in [3.8, 4) is 78.4 Å². The van der Waals surface area contributed by atoms with E-state index in [1.54, 1.807) is 0 Å². The fourth-order valence-electron chi connectivity index (χ4n) is 8.04. The van der Waals surface area contributed by atoms with E-state index < -0.39 is 0 Å². The van der Waals surface area contributed by atoms with Crippen LogP contribution in [0.5, 0.6) is 0 Å². The van der Waals surface area contributed by atoms with E-state index >= 15 is 0 Å². The second kappa shape index (κ2) is 17.0. The van der Waals surface area contributed by atoms with E-state index in [4.69, 9.17) is 9.97 Å². The Balaban J connectivity index is 1.24. The van der Waals surface area contributed by atoms with Crippen molar-refractivity contribution in [1.82, 2.24) is 9.97 Å². The first kappa shape index (κ1) is 37.2. The summed E-state index contributed by atoms with van der Waals surface area (Å²) < 4.78 is 0. The van der Waals surface area contributed by atoms with Crippen molar-refractivity contribution in [3.05, 3.63) is 249 Å². The molecule has 0 saturated carbocycles. The average Bonchev–Trinajstić information content (AvgIpc) is 3.36. The summed E-state index contributed by atoms with van der Waals surface area (Å²) in [4.78, 5) is 13.0. The highest BCUT2D eigenvalue weighted by Gasteiger charge is 2.25. The molecule has 0 N–H and O–H groups in total. The molecule has 1 heterocycles. The largest absolute Gasteiger partial charge is 0.309 e. The summed E-state index contributed by atoms with van der Waals surface area (Å²) in [7, 11) is 0. The third kappa shape index (κ3) is 7.89. The maximum absolute atomic E-state index is 5.31. The molecule has 10 rings (SSSR count). The molecule has 10 aromatic rings. The second-order valence-electron chi connectivity index (χ2n) is 15.0. The molecule has 3 heteroatoms. The summed E-state index contributed by atoms with van der Waals surface area (Å²) in [5.41, 5.74) is 16.9. The molecule has 0 aliphatic rings. The minimum Gasteiger partial charge on any atom is -0.309 e. The molecular formula is C58H41N3. The number of aromatic nitrogens is 2. The van der Waals surface area contributed by atoms with Crippen LogP contribution in [0.4, 0.5) is 17.1 Å². The zero-order valence-corrected chi connectivity index (χ0v) is 33.5. The lowest BCUT2D eigenvalue weighted by Crippen LogP contribution is -2.13. The molecule has 0 spiro atoms. The van der Waals surface area contributed by atoms with Crippen LogP contribution < -0.4 is 4.90 Å². The topological polar surface area (TPSA) is 29.0 Å². The van der Waals surface area contributed by atoms with Crippen LogP contribution in [0.1, 0.15) is 0 Å². The first-order valence-corrected chi connectivity index (χ1v) is 20.7. The Hall–Kier alpha value is -8.14. The molecule has 0 fully saturated rings. The lowest BCUT2D eigenvalue weighted by atomic mass is 9.91. The monoisotopic (exact) mass is 779 g/mol. The number of benzene rings is 9. The predicted molar refractivity (Wildman–Crippen MR) is 255 cm³/mol. The third-order valence-electron chi connectivity index (χ3n) is 11.1. The minimum atomic E-state index is 0.659. The van der Waals surface area contributed by atoms with Crippen molar-refractivity contribution in [2.24, 2.45) is 0 Å². The van der Waals surface area contributed by atoms with Gasteiger partial charge in [0.25, 0.3) is 0 Å². The summed E-state index contributed by atoms with van der Waals surface area (Å²) in [5, 5.41) is 0. The number of hydrogen-bond donors (Lipinski definition) is 0. The van der Waals surface area contributed by atoms with Gasteiger partial charge in [0.15, 0.2) is 5.82 Å². The van der Waals surface area contributed by atoms with Gasteiger partial charge >= 0.3 is 0 Å². The van der Waals surface area contributed by atoms with E-state index in [0.717, 1.165) is 78.5 Å². The fraction of sp³-hybridized carbons (Fsp3) is 0. The van der Waals surface area contributed by atoms with Crippen LogP contribution in [0.2, 0.25) is 0 Å². The van der Waals surface area contributed by atoms with Crippen molar-refractivity contribution in [3.63, 3.8) is 0 Å². The second-order valence-corrected chi connectivity index (χ2v) is 15.0. The minimum absolute atomic E-state index is 0.659. The van der Waals surface area contributed by atoms with Crippen molar-refractivity contribution < 1.29 is 0 Å². The molecular weight excluding hydrogens is 739 g/mol. The van der Waals surface area contributed by atoms with E-state index in [-0.39, 0.29) is 0 Å². The van der Waals surface area contributed by atoms with Gasteiger partial charge in [-0.2, -0.15) is 0 Å². The summed E-state index contributed by atoms with van der Waals surface area (Å²) in [5.74, 6) is 0.659. The lowest BCUT2D eigenvalue weighted by molar-refractivity contribution is 1.18. The normalized spacial score (nSPS) is 11.0. The van der Waals surface area contributed by atoms with E-state index in [1.807, 2.05) is 12.1 Å². The van der Waals surface area contributed by atoms with Gasteiger partial charge in [-0.05, 0) is 75.8 Å². The van der Waals surface area contributed by atoms with Gasteiger partial charge < -0.3 is 4.90 Å². The number of hydrogen-bond acceptors (Lipinski definition) is 3. The van der Waals surface area contributed by atoms with Gasteiger partial charge in [-0.1, -0.05) is 206 Å². The van der Waals surface area contributed by atoms with Gasteiger partial charge in [0.2, 0.25) is 0 Å². The van der Waals surface area contributed by atoms with Crippen LogP contribution in [0.3, 0.4) is 0 Å². The Morgan fingerprint density at radius 1 is 0.246 bits per heavy atom. The van der Waals surface area contributed by atoms with E-state index in [0.29, 0.717) is 5.82 Å². The molecule has 0 saturated heterocycles. The van der Waals surface area contributed by atoms with Crippen molar-refractivity contribution in [2.45, 2.75) is 0 Å². The van der Waals surface area contributed by atoms with Crippen LogP contribution >= 0.6 is 0 Å². The average molecular weight is 780 g/mol. The van der Waals surface area contributed by atoms with Gasteiger partial charge in [-0.25, -0.2) is 9.97 Å². The standard InChI is InChI=1S/C58H41N3/c1-7-19-42(20-8-1)44-31-35-51(36-32-44)61(52-37-33-45(34-38-52)43-21-9-2-10-22-43)57-53(46-23-11-3-12-24-46)39-50(40-54(57)47-25-13-4-14-26-47)58-59-55(48-27-15-5-16-28-48)41-56(60-58)49-29-17-6-18-30-49/h1-41H. The van der Waals surface area contributed by atoms with Gasteiger partial charge in [0, 0.05) is 39.2 Å². The Morgan fingerprint density at radius 2 is 0.541 bits per heavy atom. The molecule has 1 aromatic heterocycles. The van der Waals surface area contributed by atoms with Crippen LogP contribution in [0.15, 0.2) is 249 Å². The Bertz CT molecular complexity index is 2810. The van der Waals surface area contributed by atoms with Crippen LogP contribution in [0.25, 0.3) is 78.4 Å². The SMILES string of the molecule is c1ccc(-c2ccc(N(c3ccc(-c4ccccc4)cc3)c3c(-c4ccccc4)cc(-c4nc(-c5ccccc5)cc(-c5ccccc5)n4)cc3-c3ccccc3)cc2)cc1. The molecule has 288 valence electrons. The first-order valence-electron chi connectivity index (χ1n) is 20.7. The first-order chi connectivity index (χ1) is 30.2. The highest BCUT2D eigenvalue weighted by atomic mass is 15.1. The maximum atomic E-state index is 5.31. The number of anilines is 3. The van der Waals surface area contributed by atoms with Crippen LogP contribution in [0, 0.1) is 0 Å². The van der Waals surface area contributed by atoms with Crippen molar-refractivity contribution in [1.29, 1.82) is 0 Å². The number of nitrogens with zero attached hydrogens (tertiary/aromatic N) is 3. The van der Waals surface area contributed by atoms with Gasteiger partial charge in [0.1, 0.15) is 0 Å². The summed E-state index contributed by atoms with van der Waals surface area (Å²) in [6.07, 6.45) is 0. The molecule has 3 nitrogen and oxygen atoms in total. The predicted octanol–water partition coefficient (Wildman–Crippen LogP) is 15.6. The molecule has 0 bridgehead atoms. The molecule has 0 unspecified atom stereocenters. The third-order valence-corrected chi connectivity index (χ3v) is 11.1. The molecule has 61 heavy (non-hydrogen) atoms. The highest BCUT2D eigenvalue weighted by molar-refractivity contribution is 6.00. The number of rotatable bonds is 10. The molecule has 0 aliphatic carbocycles. The maximum Gasteiger partial charge on any atom is 0.160 e. The Labute approximate surface area is 357 Å². The summed E-state index contributed by atoms with van der Waals surface area (Å²) in [6, 6.07) is 87.8. The quantitative estimate of drug-likeness (QED) is 0.138. The van der Waals surface area contributed by atoms with E-state index in [1.165, 1.54) is 11.1 Å². The Kier molecular flexibility index (Phi) is 10.3. The lowest BCUT2D eigenvalue weighted by Gasteiger charge is -2.31. The fourth-order valence-corrected chi connectivity index (χ4v) is 8.04. The van der Waals surface area contributed by atoms with Crippen LogP contribution in [-0.2, 0) is 0 Å². The highest BCUT2D eigenvalue weighted by Crippen LogP contribution is 2.49. The van der Waals surface area contributed by atoms with Crippen molar-refractivity contribution >= 4 is 17.1 Å². The molecule has 0 amide bonds. The molecule has 9 aromatic carbocycles. The Morgan fingerprint density at radius 3 is 0.885 bits per heavy atom. The zero-order valence-electron chi connectivity index (χ0n) is 33.5. The van der Waals surface area contributed by atoms with E-state index in [9.17, 15) is 0 Å². The van der Waals surface area contributed by atoms with Crippen molar-refractivity contribution in [2.75, 3.05) is 4.90 Å². The summed E-state index contributed by atoms with van der Waals surface area (Å²) in [6.45, 7) is 0. The smallest absolute Gasteiger partial charge is 0.160 e. The van der Waals surface area contributed by atoms with Gasteiger partial charge in [-0.15, -0.1) is 0 Å².